The first kappa shape index (κ1) is 12.8. The summed E-state index contributed by atoms with van der Waals surface area (Å²) in [4.78, 5) is 8.43. The Hall–Kier alpha value is -1.68. The molecule has 0 aliphatic heterocycles. The van der Waals surface area contributed by atoms with E-state index in [1.807, 2.05) is 13.8 Å². The van der Waals surface area contributed by atoms with E-state index in [9.17, 15) is 4.39 Å². The number of rotatable bonds is 3. The van der Waals surface area contributed by atoms with Gasteiger partial charge in [0.15, 0.2) is 0 Å². The fraction of sp³-hybridized carbons (Fsp3) is 0.231. The van der Waals surface area contributed by atoms with Crippen molar-refractivity contribution in [3.8, 4) is 0 Å². The number of halogens is 2. The van der Waals surface area contributed by atoms with E-state index >= 15 is 0 Å². The second-order valence-electron chi connectivity index (χ2n) is 4.23. The molecule has 1 aromatic carbocycles. The van der Waals surface area contributed by atoms with E-state index in [1.165, 1.54) is 12.1 Å². The summed E-state index contributed by atoms with van der Waals surface area (Å²) in [6.07, 6.45) is 0. The SMILES string of the molecule is CC(C)c1cc(Cl)nc(Nc2ccc(F)cc2)n1. The van der Waals surface area contributed by atoms with Crippen molar-refractivity contribution in [2.75, 3.05) is 5.32 Å². The Morgan fingerprint density at radius 1 is 1.17 bits per heavy atom. The molecule has 94 valence electrons. The average Bonchev–Trinajstić information content (AvgIpc) is 2.31. The molecule has 2 aromatic rings. The lowest BCUT2D eigenvalue weighted by molar-refractivity contribution is 0.628. The minimum atomic E-state index is -0.282. The highest BCUT2D eigenvalue weighted by Crippen LogP contribution is 2.20. The van der Waals surface area contributed by atoms with Gasteiger partial charge in [0, 0.05) is 5.69 Å². The van der Waals surface area contributed by atoms with Gasteiger partial charge in [0.05, 0.1) is 5.69 Å². The number of nitrogens with one attached hydrogen (secondary N) is 1. The van der Waals surface area contributed by atoms with Crippen LogP contribution in [0.25, 0.3) is 0 Å². The second-order valence-corrected chi connectivity index (χ2v) is 4.61. The zero-order valence-electron chi connectivity index (χ0n) is 10.1. The van der Waals surface area contributed by atoms with Crippen LogP contribution in [0.2, 0.25) is 5.15 Å². The quantitative estimate of drug-likeness (QED) is 0.848. The number of benzene rings is 1. The average molecular weight is 266 g/mol. The predicted octanol–water partition coefficient (Wildman–Crippen LogP) is 4.14. The van der Waals surface area contributed by atoms with Crippen molar-refractivity contribution in [3.05, 3.63) is 47.0 Å². The van der Waals surface area contributed by atoms with E-state index < -0.39 is 0 Å². The van der Waals surface area contributed by atoms with Crippen molar-refractivity contribution < 1.29 is 4.39 Å². The third-order valence-corrected chi connectivity index (χ3v) is 2.60. The van der Waals surface area contributed by atoms with Gasteiger partial charge in [-0.15, -0.1) is 0 Å². The van der Waals surface area contributed by atoms with Gasteiger partial charge in [0.1, 0.15) is 11.0 Å². The Balaban J connectivity index is 2.26. The highest BCUT2D eigenvalue weighted by Gasteiger charge is 2.07. The smallest absolute Gasteiger partial charge is 0.228 e. The van der Waals surface area contributed by atoms with Crippen LogP contribution in [-0.4, -0.2) is 9.97 Å². The Morgan fingerprint density at radius 3 is 2.44 bits per heavy atom. The molecule has 0 spiro atoms. The molecule has 0 unspecified atom stereocenters. The van der Waals surface area contributed by atoms with E-state index in [0.29, 0.717) is 16.8 Å². The van der Waals surface area contributed by atoms with Gasteiger partial charge in [-0.1, -0.05) is 25.4 Å². The molecule has 0 bridgehead atoms. The van der Waals surface area contributed by atoms with Gasteiger partial charge in [0.25, 0.3) is 0 Å². The molecule has 0 atom stereocenters. The summed E-state index contributed by atoms with van der Waals surface area (Å²) in [6.45, 7) is 4.06. The van der Waals surface area contributed by atoms with Gasteiger partial charge in [-0.25, -0.2) is 14.4 Å². The van der Waals surface area contributed by atoms with Crippen molar-refractivity contribution in [1.82, 2.24) is 9.97 Å². The van der Waals surface area contributed by atoms with Crippen LogP contribution in [0, 0.1) is 5.82 Å². The molecule has 0 amide bonds. The third kappa shape index (κ3) is 3.17. The largest absolute Gasteiger partial charge is 0.324 e. The molecule has 1 aromatic heterocycles. The summed E-state index contributed by atoms with van der Waals surface area (Å²) in [7, 11) is 0. The van der Waals surface area contributed by atoms with Gasteiger partial charge in [-0.05, 0) is 36.2 Å². The molecule has 1 heterocycles. The number of aromatic nitrogens is 2. The lowest BCUT2D eigenvalue weighted by atomic mass is 10.1. The predicted molar refractivity (Wildman–Crippen MR) is 70.8 cm³/mol. The van der Waals surface area contributed by atoms with Gasteiger partial charge < -0.3 is 5.32 Å². The van der Waals surface area contributed by atoms with E-state index in [2.05, 4.69) is 15.3 Å². The maximum atomic E-state index is 12.8. The minimum absolute atomic E-state index is 0.263. The molecule has 0 saturated carbocycles. The van der Waals surface area contributed by atoms with Crippen LogP contribution in [-0.2, 0) is 0 Å². The molecule has 18 heavy (non-hydrogen) atoms. The van der Waals surface area contributed by atoms with Gasteiger partial charge >= 0.3 is 0 Å². The lowest BCUT2D eigenvalue weighted by Gasteiger charge is -2.09. The fourth-order valence-corrected chi connectivity index (χ4v) is 1.64. The maximum absolute atomic E-state index is 12.8. The molecule has 0 radical (unpaired) electrons. The van der Waals surface area contributed by atoms with E-state index in [1.54, 1.807) is 18.2 Å². The maximum Gasteiger partial charge on any atom is 0.228 e. The van der Waals surface area contributed by atoms with Crippen LogP contribution in [0.3, 0.4) is 0 Å². The van der Waals surface area contributed by atoms with Crippen molar-refractivity contribution in [3.63, 3.8) is 0 Å². The summed E-state index contributed by atoms with van der Waals surface area (Å²) < 4.78 is 12.8. The highest BCUT2D eigenvalue weighted by molar-refractivity contribution is 6.29. The first-order valence-electron chi connectivity index (χ1n) is 5.61. The lowest BCUT2D eigenvalue weighted by Crippen LogP contribution is -2.01. The van der Waals surface area contributed by atoms with Gasteiger partial charge in [0.2, 0.25) is 5.95 Å². The Morgan fingerprint density at radius 2 is 1.83 bits per heavy atom. The van der Waals surface area contributed by atoms with Crippen molar-refractivity contribution in [1.29, 1.82) is 0 Å². The summed E-state index contributed by atoms with van der Waals surface area (Å²) in [5.41, 5.74) is 1.58. The molecule has 0 saturated heterocycles. The fourth-order valence-electron chi connectivity index (χ4n) is 1.45. The number of hydrogen-bond acceptors (Lipinski definition) is 3. The van der Waals surface area contributed by atoms with E-state index in [0.717, 1.165) is 5.69 Å². The molecule has 2 rings (SSSR count). The van der Waals surface area contributed by atoms with Crippen LogP contribution in [0.15, 0.2) is 30.3 Å². The Bertz CT molecular complexity index is 540. The van der Waals surface area contributed by atoms with Crippen molar-refractivity contribution in [2.24, 2.45) is 0 Å². The summed E-state index contributed by atoms with van der Waals surface area (Å²) in [5, 5.41) is 3.38. The van der Waals surface area contributed by atoms with Gasteiger partial charge in [-0.2, -0.15) is 0 Å². The molecule has 1 N–H and O–H groups in total. The van der Waals surface area contributed by atoms with Gasteiger partial charge in [-0.3, -0.25) is 0 Å². The first-order chi connectivity index (χ1) is 8.54. The molecule has 3 nitrogen and oxygen atoms in total. The van der Waals surface area contributed by atoms with E-state index in [-0.39, 0.29) is 11.7 Å². The molecular weight excluding hydrogens is 253 g/mol. The zero-order valence-corrected chi connectivity index (χ0v) is 10.9. The molecule has 0 fully saturated rings. The summed E-state index contributed by atoms with van der Waals surface area (Å²) >= 11 is 5.93. The summed E-state index contributed by atoms with van der Waals surface area (Å²) in [6, 6.07) is 7.72. The number of hydrogen-bond donors (Lipinski definition) is 1. The minimum Gasteiger partial charge on any atom is -0.324 e. The highest BCUT2D eigenvalue weighted by atomic mass is 35.5. The Labute approximate surface area is 110 Å². The van der Waals surface area contributed by atoms with Crippen LogP contribution in [0.1, 0.15) is 25.5 Å². The Kier molecular flexibility index (Phi) is 3.77. The summed E-state index contributed by atoms with van der Waals surface area (Å²) in [5.74, 6) is 0.396. The van der Waals surface area contributed by atoms with Crippen molar-refractivity contribution in [2.45, 2.75) is 19.8 Å². The van der Waals surface area contributed by atoms with Crippen molar-refractivity contribution >= 4 is 23.2 Å². The van der Waals surface area contributed by atoms with Crippen LogP contribution >= 0.6 is 11.6 Å². The molecule has 0 aliphatic rings. The normalized spacial score (nSPS) is 10.7. The molecule has 5 heteroatoms. The van der Waals surface area contributed by atoms with E-state index in [4.69, 9.17) is 11.6 Å². The standard InChI is InChI=1S/C13H13ClFN3/c1-8(2)11-7-12(14)18-13(17-11)16-10-5-3-9(15)4-6-10/h3-8H,1-2H3,(H,16,17,18). The topological polar surface area (TPSA) is 37.8 Å². The number of anilines is 2. The second kappa shape index (κ2) is 5.31. The molecular formula is C13H13ClFN3. The van der Waals surface area contributed by atoms with Crippen LogP contribution in [0.5, 0.6) is 0 Å². The third-order valence-electron chi connectivity index (χ3n) is 2.41. The molecule has 0 aliphatic carbocycles. The first-order valence-corrected chi connectivity index (χ1v) is 5.99. The number of nitrogens with zero attached hydrogens (tertiary/aromatic N) is 2. The van der Waals surface area contributed by atoms with Crippen LogP contribution < -0.4 is 5.32 Å². The zero-order chi connectivity index (χ0) is 13.1. The monoisotopic (exact) mass is 265 g/mol. The van der Waals surface area contributed by atoms with Crippen LogP contribution in [0.4, 0.5) is 16.0 Å².